The third kappa shape index (κ3) is 6.98. The number of aryl methyl sites for hydroxylation is 3. The Labute approximate surface area is 174 Å². The van der Waals surface area contributed by atoms with Crippen molar-refractivity contribution in [3.05, 3.63) is 58.1 Å². The maximum atomic E-state index is 9.95. The van der Waals surface area contributed by atoms with E-state index in [0.717, 1.165) is 46.1 Å². The van der Waals surface area contributed by atoms with E-state index in [2.05, 4.69) is 27.8 Å². The maximum absolute atomic E-state index is 9.95. The van der Waals surface area contributed by atoms with Gasteiger partial charge in [0.25, 0.3) is 0 Å². The van der Waals surface area contributed by atoms with Crippen LogP contribution in [0.25, 0.3) is 0 Å². The standard InChI is InChI=1S/C23H33N3O3/c1-6-24-23(25-14-19-12-17(3)22(27)18(4)13-19)26-15-20-8-7-16(2)11-21(20)29-10-9-28-5/h7-8,11-13,27H,6,9-10,14-15H2,1-5H3,(H2,24,25,26). The third-order valence-corrected chi connectivity index (χ3v) is 4.53. The summed E-state index contributed by atoms with van der Waals surface area (Å²) in [6, 6.07) is 10.1. The SMILES string of the molecule is CCNC(=NCc1cc(C)c(O)c(C)c1)NCc1ccc(C)cc1OCCOC. The quantitative estimate of drug-likeness (QED) is 0.341. The average molecular weight is 400 g/mol. The lowest BCUT2D eigenvalue weighted by atomic mass is 10.1. The van der Waals surface area contributed by atoms with Gasteiger partial charge in [0, 0.05) is 25.8 Å². The lowest BCUT2D eigenvalue weighted by Crippen LogP contribution is -2.36. The van der Waals surface area contributed by atoms with Gasteiger partial charge in [0.05, 0.1) is 13.2 Å². The monoisotopic (exact) mass is 399 g/mol. The van der Waals surface area contributed by atoms with Crippen LogP contribution in [-0.2, 0) is 17.8 Å². The van der Waals surface area contributed by atoms with Crippen molar-refractivity contribution < 1.29 is 14.6 Å². The van der Waals surface area contributed by atoms with Gasteiger partial charge in [-0.1, -0.05) is 24.3 Å². The van der Waals surface area contributed by atoms with Gasteiger partial charge in [-0.2, -0.15) is 0 Å². The van der Waals surface area contributed by atoms with Gasteiger partial charge >= 0.3 is 0 Å². The number of guanidine groups is 1. The Kier molecular flexibility index (Phi) is 8.80. The summed E-state index contributed by atoms with van der Waals surface area (Å²) in [5, 5.41) is 16.6. The molecule has 0 radical (unpaired) electrons. The van der Waals surface area contributed by atoms with Crippen LogP contribution in [0.1, 0.15) is 34.7 Å². The molecule has 0 aromatic heterocycles. The summed E-state index contributed by atoms with van der Waals surface area (Å²) in [7, 11) is 1.66. The molecule has 0 spiro atoms. The molecule has 2 aromatic carbocycles. The molecule has 0 aliphatic carbocycles. The molecule has 0 aliphatic rings. The van der Waals surface area contributed by atoms with Crippen LogP contribution >= 0.6 is 0 Å². The highest BCUT2D eigenvalue weighted by molar-refractivity contribution is 5.79. The number of nitrogens with zero attached hydrogens (tertiary/aromatic N) is 1. The number of hydrogen-bond acceptors (Lipinski definition) is 4. The molecule has 0 aliphatic heterocycles. The van der Waals surface area contributed by atoms with E-state index in [1.807, 2.05) is 45.9 Å². The minimum absolute atomic E-state index is 0.350. The smallest absolute Gasteiger partial charge is 0.191 e. The molecule has 6 heteroatoms. The summed E-state index contributed by atoms with van der Waals surface area (Å²) in [5.74, 6) is 1.94. The minimum atomic E-state index is 0.350. The van der Waals surface area contributed by atoms with Gasteiger partial charge in [0.2, 0.25) is 0 Å². The molecule has 0 unspecified atom stereocenters. The van der Waals surface area contributed by atoms with Crippen molar-refractivity contribution >= 4 is 5.96 Å². The molecule has 3 N–H and O–H groups in total. The summed E-state index contributed by atoms with van der Waals surface area (Å²) in [4.78, 5) is 4.69. The molecule has 0 atom stereocenters. The summed E-state index contributed by atoms with van der Waals surface area (Å²) in [6.45, 7) is 10.9. The molecule has 6 nitrogen and oxygen atoms in total. The molecular weight excluding hydrogens is 366 g/mol. The third-order valence-electron chi connectivity index (χ3n) is 4.53. The first kappa shape index (κ1) is 22.6. The largest absolute Gasteiger partial charge is 0.507 e. The van der Waals surface area contributed by atoms with E-state index >= 15 is 0 Å². The number of hydrogen-bond donors (Lipinski definition) is 3. The first-order chi connectivity index (χ1) is 13.9. The number of benzene rings is 2. The number of nitrogens with one attached hydrogen (secondary N) is 2. The highest BCUT2D eigenvalue weighted by Crippen LogP contribution is 2.23. The Morgan fingerprint density at radius 1 is 1.03 bits per heavy atom. The van der Waals surface area contributed by atoms with Gasteiger partial charge in [0.15, 0.2) is 5.96 Å². The Bertz CT molecular complexity index is 811. The summed E-state index contributed by atoms with van der Waals surface area (Å²) in [6.07, 6.45) is 0. The summed E-state index contributed by atoms with van der Waals surface area (Å²) >= 11 is 0. The fourth-order valence-electron chi connectivity index (χ4n) is 3.01. The molecular formula is C23H33N3O3. The molecule has 29 heavy (non-hydrogen) atoms. The topological polar surface area (TPSA) is 75.1 Å². The molecule has 0 bridgehead atoms. The van der Waals surface area contributed by atoms with Crippen LogP contribution in [0.5, 0.6) is 11.5 Å². The van der Waals surface area contributed by atoms with Gasteiger partial charge in [0.1, 0.15) is 18.1 Å². The van der Waals surface area contributed by atoms with Crippen molar-refractivity contribution in [2.75, 3.05) is 26.9 Å². The van der Waals surface area contributed by atoms with Gasteiger partial charge in [-0.25, -0.2) is 4.99 Å². The number of rotatable bonds is 9. The van der Waals surface area contributed by atoms with Crippen LogP contribution in [-0.4, -0.2) is 37.9 Å². The Hall–Kier alpha value is -2.73. The molecule has 2 rings (SSSR count). The average Bonchev–Trinajstić information content (AvgIpc) is 2.69. The number of phenols is 1. The number of phenolic OH excluding ortho intramolecular Hbond substituents is 1. The van der Waals surface area contributed by atoms with Crippen molar-refractivity contribution in [3.63, 3.8) is 0 Å². The second kappa shape index (κ2) is 11.3. The number of ether oxygens (including phenoxy) is 2. The molecule has 0 fully saturated rings. The number of aromatic hydroxyl groups is 1. The van der Waals surface area contributed by atoms with E-state index in [-0.39, 0.29) is 0 Å². The van der Waals surface area contributed by atoms with Crippen LogP contribution in [0.4, 0.5) is 0 Å². The predicted molar refractivity (Wildman–Crippen MR) is 118 cm³/mol. The fourth-order valence-corrected chi connectivity index (χ4v) is 3.01. The summed E-state index contributed by atoms with van der Waals surface area (Å²) < 4.78 is 10.9. The van der Waals surface area contributed by atoms with Crippen LogP contribution in [0.3, 0.4) is 0 Å². The van der Waals surface area contributed by atoms with Gasteiger partial charge in [-0.3, -0.25) is 0 Å². The highest BCUT2D eigenvalue weighted by Gasteiger charge is 2.07. The Morgan fingerprint density at radius 3 is 2.41 bits per heavy atom. The molecule has 0 heterocycles. The number of aliphatic imine (C=N–C) groups is 1. The van der Waals surface area contributed by atoms with Crippen LogP contribution in [0, 0.1) is 20.8 Å². The summed E-state index contributed by atoms with van der Waals surface area (Å²) in [5.41, 5.74) is 5.01. The fraction of sp³-hybridized carbons (Fsp3) is 0.435. The molecule has 158 valence electrons. The Morgan fingerprint density at radius 2 is 1.76 bits per heavy atom. The Balaban J connectivity index is 2.08. The first-order valence-corrected chi connectivity index (χ1v) is 9.97. The lowest BCUT2D eigenvalue weighted by Gasteiger charge is -2.15. The van der Waals surface area contributed by atoms with Gasteiger partial charge < -0.3 is 25.2 Å². The van der Waals surface area contributed by atoms with E-state index < -0.39 is 0 Å². The highest BCUT2D eigenvalue weighted by atomic mass is 16.5. The second-order valence-corrected chi connectivity index (χ2v) is 7.08. The van der Waals surface area contributed by atoms with E-state index in [4.69, 9.17) is 9.47 Å². The second-order valence-electron chi connectivity index (χ2n) is 7.08. The van der Waals surface area contributed by atoms with Crippen LogP contribution in [0.15, 0.2) is 35.3 Å². The lowest BCUT2D eigenvalue weighted by molar-refractivity contribution is 0.145. The van der Waals surface area contributed by atoms with E-state index in [9.17, 15) is 5.11 Å². The van der Waals surface area contributed by atoms with Crippen molar-refractivity contribution in [1.82, 2.24) is 10.6 Å². The molecule has 0 amide bonds. The van der Waals surface area contributed by atoms with E-state index in [1.165, 1.54) is 0 Å². The normalized spacial score (nSPS) is 11.4. The van der Waals surface area contributed by atoms with Crippen molar-refractivity contribution in [1.29, 1.82) is 0 Å². The minimum Gasteiger partial charge on any atom is -0.507 e. The predicted octanol–water partition coefficient (Wildman–Crippen LogP) is 3.60. The van der Waals surface area contributed by atoms with E-state index in [1.54, 1.807) is 7.11 Å². The van der Waals surface area contributed by atoms with Crippen molar-refractivity contribution in [2.24, 2.45) is 4.99 Å². The zero-order valence-electron chi connectivity index (χ0n) is 18.1. The van der Waals surface area contributed by atoms with Crippen LogP contribution < -0.4 is 15.4 Å². The first-order valence-electron chi connectivity index (χ1n) is 9.97. The maximum Gasteiger partial charge on any atom is 0.191 e. The van der Waals surface area contributed by atoms with E-state index in [0.29, 0.717) is 32.1 Å². The van der Waals surface area contributed by atoms with Crippen LogP contribution in [0.2, 0.25) is 0 Å². The molecule has 0 saturated carbocycles. The number of methoxy groups -OCH3 is 1. The van der Waals surface area contributed by atoms with Crippen molar-refractivity contribution in [3.8, 4) is 11.5 Å². The van der Waals surface area contributed by atoms with Crippen molar-refractivity contribution in [2.45, 2.75) is 40.8 Å². The zero-order chi connectivity index (χ0) is 21.2. The molecule has 0 saturated heterocycles. The molecule has 2 aromatic rings. The van der Waals surface area contributed by atoms with Gasteiger partial charge in [-0.05, 0) is 56.0 Å². The van der Waals surface area contributed by atoms with Gasteiger partial charge in [-0.15, -0.1) is 0 Å². The zero-order valence-corrected chi connectivity index (χ0v) is 18.1.